The summed E-state index contributed by atoms with van der Waals surface area (Å²) in [4.78, 5) is 20.6. The van der Waals surface area contributed by atoms with E-state index in [9.17, 15) is 4.79 Å². The van der Waals surface area contributed by atoms with Gasteiger partial charge in [-0.3, -0.25) is 0 Å². The molecule has 0 spiro atoms. The first kappa shape index (κ1) is 16.4. The SMILES string of the molecule is CC1CCN(C(=O)NCC2CCN(c3ccc(Cl)nc3)C2)CC1. The number of pyridine rings is 1. The number of halogens is 1. The Bertz CT molecular complexity index is 528. The molecule has 5 nitrogen and oxygen atoms in total. The summed E-state index contributed by atoms with van der Waals surface area (Å²) >= 11 is 5.83. The van der Waals surface area contributed by atoms with Crippen LogP contribution in [0.5, 0.6) is 0 Å². The molecule has 0 radical (unpaired) electrons. The molecule has 23 heavy (non-hydrogen) atoms. The zero-order valence-electron chi connectivity index (χ0n) is 13.7. The molecule has 2 aliphatic heterocycles. The van der Waals surface area contributed by atoms with Gasteiger partial charge < -0.3 is 15.1 Å². The summed E-state index contributed by atoms with van der Waals surface area (Å²) in [5.41, 5.74) is 1.10. The third-order valence-electron chi connectivity index (χ3n) is 4.98. The van der Waals surface area contributed by atoms with E-state index in [4.69, 9.17) is 11.6 Å². The molecule has 2 fully saturated rings. The van der Waals surface area contributed by atoms with Crippen LogP contribution in [0.15, 0.2) is 18.3 Å². The average molecular weight is 337 g/mol. The molecule has 2 amide bonds. The van der Waals surface area contributed by atoms with Crippen LogP contribution in [-0.2, 0) is 0 Å². The van der Waals surface area contributed by atoms with Gasteiger partial charge in [0.25, 0.3) is 0 Å². The van der Waals surface area contributed by atoms with Gasteiger partial charge in [-0.1, -0.05) is 18.5 Å². The number of rotatable bonds is 3. The van der Waals surface area contributed by atoms with Gasteiger partial charge in [-0.2, -0.15) is 0 Å². The summed E-state index contributed by atoms with van der Waals surface area (Å²) < 4.78 is 0. The highest BCUT2D eigenvalue weighted by Crippen LogP contribution is 2.23. The Labute approximate surface area is 143 Å². The minimum Gasteiger partial charge on any atom is -0.370 e. The van der Waals surface area contributed by atoms with Gasteiger partial charge >= 0.3 is 6.03 Å². The Morgan fingerprint density at radius 1 is 1.30 bits per heavy atom. The van der Waals surface area contributed by atoms with Crippen LogP contribution in [-0.4, -0.2) is 48.6 Å². The minimum atomic E-state index is 0.100. The molecule has 3 rings (SSSR count). The van der Waals surface area contributed by atoms with Crippen molar-refractivity contribution in [1.82, 2.24) is 15.2 Å². The number of amides is 2. The zero-order valence-corrected chi connectivity index (χ0v) is 14.4. The van der Waals surface area contributed by atoms with Crippen molar-refractivity contribution in [3.63, 3.8) is 0 Å². The van der Waals surface area contributed by atoms with Crippen LogP contribution in [0.4, 0.5) is 10.5 Å². The van der Waals surface area contributed by atoms with Gasteiger partial charge in [0.15, 0.2) is 0 Å². The molecule has 1 aromatic heterocycles. The summed E-state index contributed by atoms with van der Waals surface area (Å²) in [6, 6.07) is 3.93. The van der Waals surface area contributed by atoms with Gasteiger partial charge in [0, 0.05) is 32.7 Å². The van der Waals surface area contributed by atoms with Crippen LogP contribution in [0, 0.1) is 11.8 Å². The van der Waals surface area contributed by atoms with Crippen LogP contribution < -0.4 is 10.2 Å². The van der Waals surface area contributed by atoms with E-state index < -0.39 is 0 Å². The molecule has 0 saturated carbocycles. The second kappa shape index (κ2) is 7.39. The number of likely N-dealkylation sites (tertiary alicyclic amines) is 1. The van der Waals surface area contributed by atoms with Crippen molar-refractivity contribution in [2.24, 2.45) is 11.8 Å². The van der Waals surface area contributed by atoms with Crippen molar-refractivity contribution in [2.75, 3.05) is 37.6 Å². The van der Waals surface area contributed by atoms with Gasteiger partial charge in [-0.25, -0.2) is 9.78 Å². The molecule has 1 aromatic rings. The lowest BCUT2D eigenvalue weighted by molar-refractivity contribution is 0.173. The lowest BCUT2D eigenvalue weighted by Crippen LogP contribution is -2.45. The number of aromatic nitrogens is 1. The van der Waals surface area contributed by atoms with Gasteiger partial charge in [0.2, 0.25) is 0 Å². The molecule has 1 atom stereocenters. The van der Waals surface area contributed by atoms with Crippen molar-refractivity contribution < 1.29 is 4.79 Å². The van der Waals surface area contributed by atoms with Crippen molar-refractivity contribution in [3.8, 4) is 0 Å². The van der Waals surface area contributed by atoms with Gasteiger partial charge in [-0.05, 0) is 43.2 Å². The Morgan fingerprint density at radius 2 is 2.09 bits per heavy atom. The van der Waals surface area contributed by atoms with E-state index in [1.54, 1.807) is 0 Å². The van der Waals surface area contributed by atoms with Crippen molar-refractivity contribution in [3.05, 3.63) is 23.5 Å². The topological polar surface area (TPSA) is 48.5 Å². The van der Waals surface area contributed by atoms with E-state index in [0.717, 1.165) is 63.6 Å². The second-order valence-electron chi connectivity index (χ2n) is 6.80. The summed E-state index contributed by atoms with van der Waals surface area (Å²) in [6.07, 6.45) is 5.15. The van der Waals surface area contributed by atoms with E-state index in [1.165, 1.54) is 0 Å². The van der Waals surface area contributed by atoms with E-state index >= 15 is 0 Å². The third-order valence-corrected chi connectivity index (χ3v) is 5.20. The van der Waals surface area contributed by atoms with E-state index in [1.807, 2.05) is 23.2 Å². The Balaban J connectivity index is 1.43. The maximum atomic E-state index is 12.2. The van der Waals surface area contributed by atoms with Crippen LogP contribution in [0.1, 0.15) is 26.2 Å². The number of urea groups is 1. The zero-order chi connectivity index (χ0) is 16.2. The molecule has 1 N–H and O–H groups in total. The highest BCUT2D eigenvalue weighted by Gasteiger charge is 2.25. The van der Waals surface area contributed by atoms with Crippen molar-refractivity contribution >= 4 is 23.3 Å². The maximum absolute atomic E-state index is 12.2. The fourth-order valence-corrected chi connectivity index (χ4v) is 3.46. The number of carbonyl (C=O) groups is 1. The molecular weight excluding hydrogens is 312 g/mol. The fourth-order valence-electron chi connectivity index (χ4n) is 3.34. The van der Waals surface area contributed by atoms with Crippen molar-refractivity contribution in [1.29, 1.82) is 0 Å². The Morgan fingerprint density at radius 3 is 2.78 bits per heavy atom. The summed E-state index contributed by atoms with van der Waals surface area (Å²) in [5, 5.41) is 3.63. The molecule has 0 aromatic carbocycles. The lowest BCUT2D eigenvalue weighted by atomic mass is 10.00. The normalized spacial score (nSPS) is 22.4. The average Bonchev–Trinajstić information content (AvgIpc) is 3.03. The fraction of sp³-hybridized carbons (Fsp3) is 0.647. The van der Waals surface area contributed by atoms with Crippen molar-refractivity contribution in [2.45, 2.75) is 26.2 Å². The van der Waals surface area contributed by atoms with E-state index in [2.05, 4.69) is 22.1 Å². The maximum Gasteiger partial charge on any atom is 0.317 e. The number of nitrogens with zero attached hydrogens (tertiary/aromatic N) is 3. The van der Waals surface area contributed by atoms with Gasteiger partial charge in [0.1, 0.15) is 5.15 Å². The molecule has 126 valence electrons. The number of anilines is 1. The standard InChI is InChI=1S/C17H25ClN4O/c1-13-4-7-21(8-5-13)17(23)20-10-14-6-9-22(12-14)15-2-3-16(18)19-11-15/h2-3,11,13-14H,4-10,12H2,1H3,(H,20,23). The predicted octanol–water partition coefficient (Wildman–Crippen LogP) is 3.00. The monoisotopic (exact) mass is 336 g/mol. The molecule has 1 unspecified atom stereocenters. The molecule has 2 saturated heterocycles. The summed E-state index contributed by atoms with van der Waals surface area (Å²) in [5.74, 6) is 1.24. The second-order valence-corrected chi connectivity index (χ2v) is 7.18. The van der Waals surface area contributed by atoms with Gasteiger partial charge in [0.05, 0.1) is 11.9 Å². The highest BCUT2D eigenvalue weighted by atomic mass is 35.5. The number of piperidine rings is 1. The third kappa shape index (κ3) is 4.28. The largest absolute Gasteiger partial charge is 0.370 e. The van der Waals surface area contributed by atoms with Gasteiger partial charge in [-0.15, -0.1) is 0 Å². The Hall–Kier alpha value is -1.49. The smallest absolute Gasteiger partial charge is 0.317 e. The van der Waals surface area contributed by atoms with Crippen LogP contribution in [0.2, 0.25) is 5.15 Å². The number of hydrogen-bond donors (Lipinski definition) is 1. The number of nitrogens with one attached hydrogen (secondary N) is 1. The van der Waals surface area contributed by atoms with E-state index in [-0.39, 0.29) is 6.03 Å². The summed E-state index contributed by atoms with van der Waals surface area (Å²) in [6.45, 7) is 6.75. The summed E-state index contributed by atoms with van der Waals surface area (Å²) in [7, 11) is 0. The molecular formula is C17H25ClN4O. The molecule has 6 heteroatoms. The first-order chi connectivity index (χ1) is 11.1. The highest BCUT2D eigenvalue weighted by molar-refractivity contribution is 6.29. The first-order valence-corrected chi connectivity index (χ1v) is 8.89. The molecule has 2 aliphatic rings. The van der Waals surface area contributed by atoms with Crippen LogP contribution in [0.25, 0.3) is 0 Å². The number of carbonyl (C=O) groups excluding carboxylic acids is 1. The Kier molecular flexibility index (Phi) is 5.26. The lowest BCUT2D eigenvalue weighted by Gasteiger charge is -2.30. The quantitative estimate of drug-likeness (QED) is 0.863. The van der Waals surface area contributed by atoms with Crippen LogP contribution >= 0.6 is 11.6 Å². The molecule has 3 heterocycles. The predicted molar refractivity (Wildman–Crippen MR) is 92.9 cm³/mol. The first-order valence-electron chi connectivity index (χ1n) is 8.51. The van der Waals surface area contributed by atoms with E-state index in [0.29, 0.717) is 11.1 Å². The molecule has 0 aliphatic carbocycles. The number of hydrogen-bond acceptors (Lipinski definition) is 3. The van der Waals surface area contributed by atoms with Crippen LogP contribution in [0.3, 0.4) is 0 Å². The molecule has 0 bridgehead atoms. The minimum absolute atomic E-state index is 0.100.